The molecule has 21 heavy (non-hydrogen) atoms. The standard InChI is InChI=1S/C14H16ClF2N3O/c1-8(2)18-12(21)7-20-11(5-6-15)19-10-4-3-9(16)13(17)14(10)20/h3-4,8H,5-7H2,1-2H3,(H,18,21). The second-order valence-electron chi connectivity index (χ2n) is 5.00. The molecule has 7 heteroatoms. The van der Waals surface area contributed by atoms with Crippen molar-refractivity contribution >= 4 is 28.5 Å². The fraction of sp³-hybridized carbons (Fsp3) is 0.429. The number of nitrogens with one attached hydrogen (secondary N) is 1. The van der Waals surface area contributed by atoms with E-state index in [1.165, 1.54) is 10.6 Å². The fourth-order valence-corrected chi connectivity index (χ4v) is 2.33. The second-order valence-corrected chi connectivity index (χ2v) is 5.38. The molecular formula is C14H16ClF2N3O. The van der Waals surface area contributed by atoms with E-state index < -0.39 is 11.6 Å². The van der Waals surface area contributed by atoms with Crippen LogP contribution in [0.1, 0.15) is 19.7 Å². The number of benzene rings is 1. The third-order valence-corrected chi connectivity index (χ3v) is 3.14. The van der Waals surface area contributed by atoms with Gasteiger partial charge < -0.3 is 9.88 Å². The zero-order valence-corrected chi connectivity index (χ0v) is 12.5. The van der Waals surface area contributed by atoms with Gasteiger partial charge in [-0.1, -0.05) is 0 Å². The lowest BCUT2D eigenvalue weighted by molar-refractivity contribution is -0.122. The van der Waals surface area contributed by atoms with Crippen LogP contribution in [-0.4, -0.2) is 27.4 Å². The Morgan fingerprint density at radius 1 is 1.43 bits per heavy atom. The van der Waals surface area contributed by atoms with Crippen LogP contribution < -0.4 is 5.32 Å². The highest BCUT2D eigenvalue weighted by Gasteiger charge is 2.19. The first-order valence-corrected chi connectivity index (χ1v) is 7.16. The molecule has 0 spiro atoms. The Kier molecular flexibility index (Phi) is 4.77. The van der Waals surface area contributed by atoms with Crippen molar-refractivity contribution in [3.8, 4) is 0 Å². The van der Waals surface area contributed by atoms with Gasteiger partial charge in [0, 0.05) is 18.3 Å². The quantitative estimate of drug-likeness (QED) is 0.862. The van der Waals surface area contributed by atoms with E-state index in [1.54, 1.807) is 0 Å². The van der Waals surface area contributed by atoms with Crippen molar-refractivity contribution in [3.63, 3.8) is 0 Å². The molecule has 1 aromatic carbocycles. The van der Waals surface area contributed by atoms with Gasteiger partial charge in [0.15, 0.2) is 11.6 Å². The molecule has 0 saturated carbocycles. The van der Waals surface area contributed by atoms with E-state index >= 15 is 0 Å². The van der Waals surface area contributed by atoms with E-state index in [2.05, 4.69) is 10.3 Å². The molecule has 0 aliphatic rings. The number of imidazole rings is 1. The average Bonchev–Trinajstić information content (AvgIpc) is 2.72. The number of aromatic nitrogens is 2. The van der Waals surface area contributed by atoms with Crippen LogP contribution in [0, 0.1) is 11.6 Å². The lowest BCUT2D eigenvalue weighted by atomic mass is 10.3. The number of aryl methyl sites for hydroxylation is 1. The van der Waals surface area contributed by atoms with Gasteiger partial charge in [0.05, 0.1) is 5.52 Å². The van der Waals surface area contributed by atoms with Gasteiger partial charge in [0.1, 0.15) is 17.9 Å². The number of amides is 1. The van der Waals surface area contributed by atoms with Gasteiger partial charge >= 0.3 is 0 Å². The molecule has 0 aliphatic heterocycles. The van der Waals surface area contributed by atoms with Crippen LogP contribution in [0.2, 0.25) is 0 Å². The van der Waals surface area contributed by atoms with E-state index in [1.807, 2.05) is 13.8 Å². The zero-order chi connectivity index (χ0) is 15.6. The van der Waals surface area contributed by atoms with Crippen molar-refractivity contribution in [2.24, 2.45) is 0 Å². The van der Waals surface area contributed by atoms with Crippen molar-refractivity contribution in [1.82, 2.24) is 14.9 Å². The summed E-state index contributed by atoms with van der Waals surface area (Å²) in [4.78, 5) is 16.1. The molecule has 2 rings (SSSR count). The number of hydrogen-bond donors (Lipinski definition) is 1. The van der Waals surface area contributed by atoms with Crippen LogP contribution in [0.15, 0.2) is 12.1 Å². The van der Waals surface area contributed by atoms with Gasteiger partial charge in [-0.05, 0) is 26.0 Å². The normalized spacial score (nSPS) is 11.3. The highest BCUT2D eigenvalue weighted by Crippen LogP contribution is 2.22. The van der Waals surface area contributed by atoms with Crippen LogP contribution >= 0.6 is 11.6 Å². The molecule has 0 radical (unpaired) electrons. The summed E-state index contributed by atoms with van der Waals surface area (Å²) in [6.45, 7) is 3.52. The van der Waals surface area contributed by atoms with Gasteiger partial charge in [0.25, 0.3) is 0 Å². The summed E-state index contributed by atoms with van der Waals surface area (Å²) >= 11 is 5.71. The van der Waals surface area contributed by atoms with Crippen LogP contribution in [-0.2, 0) is 17.8 Å². The third-order valence-electron chi connectivity index (χ3n) is 2.95. The Bertz CT molecular complexity index is 670. The van der Waals surface area contributed by atoms with Crippen molar-refractivity contribution in [2.75, 3.05) is 5.88 Å². The SMILES string of the molecule is CC(C)NC(=O)Cn1c(CCCl)nc2ccc(F)c(F)c21. The number of halogens is 3. The minimum absolute atomic E-state index is 0.00553. The number of hydrogen-bond acceptors (Lipinski definition) is 2. The number of carbonyl (C=O) groups is 1. The molecule has 0 bridgehead atoms. The van der Waals surface area contributed by atoms with Gasteiger partial charge in [-0.15, -0.1) is 11.6 Å². The minimum atomic E-state index is -1.00. The summed E-state index contributed by atoms with van der Waals surface area (Å²) in [6, 6.07) is 2.38. The van der Waals surface area contributed by atoms with Crippen LogP contribution in [0.25, 0.3) is 11.0 Å². The maximum atomic E-state index is 14.0. The third kappa shape index (κ3) is 3.32. The lowest BCUT2D eigenvalue weighted by Crippen LogP contribution is -2.33. The summed E-state index contributed by atoms with van der Waals surface area (Å²) < 4.78 is 28.8. The zero-order valence-electron chi connectivity index (χ0n) is 11.8. The Morgan fingerprint density at radius 3 is 2.76 bits per heavy atom. The predicted molar refractivity (Wildman–Crippen MR) is 77.4 cm³/mol. The molecular weight excluding hydrogens is 300 g/mol. The first-order valence-electron chi connectivity index (χ1n) is 6.62. The smallest absolute Gasteiger partial charge is 0.240 e. The van der Waals surface area contributed by atoms with E-state index in [4.69, 9.17) is 11.6 Å². The minimum Gasteiger partial charge on any atom is -0.352 e. The van der Waals surface area contributed by atoms with Crippen molar-refractivity contribution < 1.29 is 13.6 Å². The molecule has 1 aromatic heterocycles. The van der Waals surface area contributed by atoms with E-state index in [0.717, 1.165) is 6.07 Å². The Labute approximate surface area is 126 Å². The maximum Gasteiger partial charge on any atom is 0.240 e. The summed E-state index contributed by atoms with van der Waals surface area (Å²) in [6.07, 6.45) is 0.367. The van der Waals surface area contributed by atoms with Crippen LogP contribution in [0.3, 0.4) is 0 Å². The van der Waals surface area contributed by atoms with Gasteiger partial charge in [0.2, 0.25) is 5.91 Å². The van der Waals surface area contributed by atoms with E-state index in [0.29, 0.717) is 17.8 Å². The summed E-state index contributed by atoms with van der Waals surface area (Å²) in [5.74, 6) is -1.52. The Balaban J connectivity index is 2.49. The van der Waals surface area contributed by atoms with E-state index in [9.17, 15) is 13.6 Å². The monoisotopic (exact) mass is 315 g/mol. The molecule has 1 amide bonds. The molecule has 0 fully saturated rings. The molecule has 2 aromatic rings. The Hall–Kier alpha value is -1.69. The second kappa shape index (κ2) is 6.39. The maximum absolute atomic E-state index is 14.0. The number of fused-ring (bicyclic) bond motifs is 1. The van der Waals surface area contributed by atoms with E-state index in [-0.39, 0.29) is 29.9 Å². The molecule has 4 nitrogen and oxygen atoms in total. The topological polar surface area (TPSA) is 46.9 Å². The Morgan fingerprint density at radius 2 is 2.14 bits per heavy atom. The highest BCUT2D eigenvalue weighted by molar-refractivity contribution is 6.17. The lowest BCUT2D eigenvalue weighted by Gasteiger charge is -2.12. The average molecular weight is 316 g/mol. The molecule has 1 heterocycles. The largest absolute Gasteiger partial charge is 0.352 e. The highest BCUT2D eigenvalue weighted by atomic mass is 35.5. The van der Waals surface area contributed by atoms with Gasteiger partial charge in [-0.3, -0.25) is 4.79 Å². The van der Waals surface area contributed by atoms with Gasteiger partial charge in [-0.25, -0.2) is 13.8 Å². The van der Waals surface area contributed by atoms with Crippen LogP contribution in [0.5, 0.6) is 0 Å². The van der Waals surface area contributed by atoms with Crippen molar-refractivity contribution in [2.45, 2.75) is 32.9 Å². The predicted octanol–water partition coefficient (Wildman–Crippen LogP) is 2.62. The molecule has 114 valence electrons. The summed E-state index contributed by atoms with van der Waals surface area (Å²) in [7, 11) is 0. The first kappa shape index (κ1) is 15.7. The molecule has 1 N–H and O–H groups in total. The number of alkyl halides is 1. The number of nitrogens with zero attached hydrogens (tertiary/aromatic N) is 2. The van der Waals surface area contributed by atoms with Crippen molar-refractivity contribution in [3.05, 3.63) is 29.6 Å². The summed E-state index contributed by atoms with van der Waals surface area (Å²) in [5.41, 5.74) is 0.306. The van der Waals surface area contributed by atoms with Crippen LogP contribution in [0.4, 0.5) is 8.78 Å². The van der Waals surface area contributed by atoms with Gasteiger partial charge in [-0.2, -0.15) is 0 Å². The first-order chi connectivity index (χ1) is 9.93. The number of carbonyl (C=O) groups excluding carboxylic acids is 1. The molecule has 0 atom stereocenters. The summed E-state index contributed by atoms with van der Waals surface area (Å²) in [5, 5.41) is 2.71. The number of rotatable bonds is 5. The fourth-order valence-electron chi connectivity index (χ4n) is 2.16. The van der Waals surface area contributed by atoms with Crippen molar-refractivity contribution in [1.29, 1.82) is 0 Å². The molecule has 0 unspecified atom stereocenters. The molecule has 0 saturated heterocycles. The molecule has 0 aliphatic carbocycles.